The predicted octanol–water partition coefficient (Wildman–Crippen LogP) is 2.75. The number of aromatic nitrogens is 5. The van der Waals surface area contributed by atoms with Gasteiger partial charge in [-0.15, -0.1) is 10.2 Å². The SMILES string of the molecule is COc1cccc(OC)c1-n1c(NS(=O)(=O)[C@@H](C)[C@H](OC)c2ncc(Cl)cn2)nnc1C1CCOC1. The first kappa shape index (κ1) is 26.1. The van der Waals surface area contributed by atoms with Gasteiger partial charge in [-0.3, -0.25) is 9.29 Å². The summed E-state index contributed by atoms with van der Waals surface area (Å²) >= 11 is 5.87. The summed E-state index contributed by atoms with van der Waals surface area (Å²) in [5, 5.41) is 7.74. The second-order valence-electron chi connectivity index (χ2n) is 8.06. The monoisotopic (exact) mass is 538 g/mol. The lowest BCUT2D eigenvalue weighted by molar-refractivity contribution is 0.0950. The summed E-state index contributed by atoms with van der Waals surface area (Å²) in [5.74, 6) is 1.47. The Morgan fingerprint density at radius 3 is 2.36 bits per heavy atom. The van der Waals surface area contributed by atoms with E-state index in [1.54, 1.807) is 22.8 Å². The van der Waals surface area contributed by atoms with Crippen LogP contribution >= 0.6 is 11.6 Å². The molecule has 1 N–H and O–H groups in total. The van der Waals surface area contributed by atoms with Crippen LogP contribution in [0, 0.1) is 0 Å². The summed E-state index contributed by atoms with van der Waals surface area (Å²) in [4.78, 5) is 8.24. The molecule has 3 heterocycles. The van der Waals surface area contributed by atoms with Gasteiger partial charge in [0.05, 0.1) is 25.8 Å². The van der Waals surface area contributed by atoms with Crippen molar-refractivity contribution in [3.63, 3.8) is 0 Å². The van der Waals surface area contributed by atoms with Gasteiger partial charge in [0.1, 0.15) is 34.4 Å². The molecule has 0 bridgehead atoms. The highest BCUT2D eigenvalue weighted by Gasteiger charge is 2.36. The molecule has 2 aromatic heterocycles. The zero-order valence-electron chi connectivity index (χ0n) is 20.2. The molecule has 3 atom stereocenters. The highest BCUT2D eigenvalue weighted by molar-refractivity contribution is 7.93. The Kier molecular flexibility index (Phi) is 7.93. The van der Waals surface area contributed by atoms with E-state index < -0.39 is 21.4 Å². The Bertz CT molecular complexity index is 1270. The second kappa shape index (κ2) is 10.9. The average molecular weight is 539 g/mol. The molecule has 36 heavy (non-hydrogen) atoms. The first-order chi connectivity index (χ1) is 17.3. The number of sulfonamides is 1. The Labute approximate surface area is 214 Å². The van der Waals surface area contributed by atoms with Gasteiger partial charge in [0.2, 0.25) is 16.0 Å². The third-order valence-corrected chi connectivity index (χ3v) is 7.79. The Hall–Kier alpha value is -3.00. The maximum atomic E-state index is 13.5. The summed E-state index contributed by atoms with van der Waals surface area (Å²) in [6.45, 7) is 2.48. The molecule has 0 aliphatic carbocycles. The first-order valence-corrected chi connectivity index (χ1v) is 13.0. The molecule has 4 rings (SSSR count). The van der Waals surface area contributed by atoms with Gasteiger partial charge in [0.25, 0.3) is 0 Å². The minimum Gasteiger partial charge on any atom is -0.494 e. The van der Waals surface area contributed by atoms with Crippen molar-refractivity contribution < 1.29 is 27.4 Å². The van der Waals surface area contributed by atoms with Crippen molar-refractivity contribution in [2.45, 2.75) is 30.6 Å². The van der Waals surface area contributed by atoms with Crippen LogP contribution in [0.4, 0.5) is 5.95 Å². The summed E-state index contributed by atoms with van der Waals surface area (Å²) in [6.07, 6.45) is 2.49. The van der Waals surface area contributed by atoms with Gasteiger partial charge in [-0.2, -0.15) is 0 Å². The van der Waals surface area contributed by atoms with Crippen molar-refractivity contribution in [2.75, 3.05) is 39.3 Å². The van der Waals surface area contributed by atoms with E-state index in [0.717, 1.165) is 0 Å². The van der Waals surface area contributed by atoms with Crippen molar-refractivity contribution in [2.24, 2.45) is 0 Å². The van der Waals surface area contributed by atoms with Crippen LogP contribution in [0.5, 0.6) is 11.5 Å². The Morgan fingerprint density at radius 2 is 1.81 bits per heavy atom. The smallest absolute Gasteiger partial charge is 0.243 e. The third-order valence-electron chi connectivity index (χ3n) is 5.91. The number of ether oxygens (including phenoxy) is 4. The number of hydrogen-bond acceptors (Lipinski definition) is 10. The van der Waals surface area contributed by atoms with E-state index >= 15 is 0 Å². The number of anilines is 1. The zero-order chi connectivity index (χ0) is 25.9. The molecule has 1 aromatic carbocycles. The van der Waals surface area contributed by atoms with E-state index in [1.165, 1.54) is 40.6 Å². The van der Waals surface area contributed by atoms with E-state index in [0.29, 0.717) is 47.7 Å². The fourth-order valence-corrected chi connectivity index (χ4v) is 5.22. The van der Waals surface area contributed by atoms with E-state index in [1.807, 2.05) is 0 Å². The largest absolute Gasteiger partial charge is 0.494 e. The summed E-state index contributed by atoms with van der Waals surface area (Å²) in [6, 6.07) is 5.25. The highest BCUT2D eigenvalue weighted by atomic mass is 35.5. The van der Waals surface area contributed by atoms with E-state index in [2.05, 4.69) is 24.9 Å². The lowest BCUT2D eigenvalue weighted by atomic mass is 10.1. The van der Waals surface area contributed by atoms with Gasteiger partial charge < -0.3 is 18.9 Å². The van der Waals surface area contributed by atoms with Gasteiger partial charge in [-0.05, 0) is 25.5 Å². The molecule has 0 saturated carbocycles. The summed E-state index contributed by atoms with van der Waals surface area (Å²) < 4.78 is 53.4. The van der Waals surface area contributed by atoms with Gasteiger partial charge in [-0.25, -0.2) is 18.4 Å². The maximum Gasteiger partial charge on any atom is 0.243 e. The number of methoxy groups -OCH3 is 3. The average Bonchev–Trinajstić information content (AvgIpc) is 3.54. The normalized spacial score (nSPS) is 17.5. The summed E-state index contributed by atoms with van der Waals surface area (Å²) in [5.41, 5.74) is 0.462. The zero-order valence-corrected chi connectivity index (χ0v) is 21.8. The quantitative estimate of drug-likeness (QED) is 0.409. The molecular weight excluding hydrogens is 512 g/mol. The van der Waals surface area contributed by atoms with Crippen LogP contribution in [0.25, 0.3) is 5.69 Å². The minimum atomic E-state index is -4.09. The molecule has 1 aliphatic rings. The molecule has 3 aromatic rings. The minimum absolute atomic E-state index is 0.0292. The number of rotatable bonds is 10. The molecule has 0 radical (unpaired) electrons. The maximum absolute atomic E-state index is 13.5. The lowest BCUT2D eigenvalue weighted by Gasteiger charge is -2.23. The number of halogens is 1. The van der Waals surface area contributed by atoms with Crippen LogP contribution in [0.3, 0.4) is 0 Å². The van der Waals surface area contributed by atoms with Crippen LogP contribution in [0.2, 0.25) is 5.02 Å². The van der Waals surface area contributed by atoms with E-state index in [4.69, 9.17) is 30.5 Å². The van der Waals surface area contributed by atoms with Gasteiger partial charge in [-0.1, -0.05) is 17.7 Å². The van der Waals surface area contributed by atoms with E-state index in [-0.39, 0.29) is 17.7 Å². The van der Waals surface area contributed by atoms with Crippen LogP contribution in [0.1, 0.15) is 37.0 Å². The van der Waals surface area contributed by atoms with Crippen LogP contribution in [0.15, 0.2) is 30.6 Å². The number of hydrogen-bond donors (Lipinski definition) is 1. The molecule has 1 fully saturated rings. The van der Waals surface area contributed by atoms with Crippen LogP contribution in [-0.2, 0) is 19.5 Å². The number of benzene rings is 1. The van der Waals surface area contributed by atoms with Gasteiger partial charge >= 0.3 is 0 Å². The molecule has 194 valence electrons. The fraction of sp³-hybridized carbons (Fsp3) is 0.455. The summed E-state index contributed by atoms with van der Waals surface area (Å²) in [7, 11) is 0.329. The van der Waals surface area contributed by atoms with Gasteiger partial charge in [0, 0.05) is 32.0 Å². The molecule has 12 nitrogen and oxygen atoms in total. The topological polar surface area (TPSA) is 140 Å². The second-order valence-corrected chi connectivity index (χ2v) is 10.5. The highest BCUT2D eigenvalue weighted by Crippen LogP contribution is 2.38. The lowest BCUT2D eigenvalue weighted by Crippen LogP contribution is -2.33. The van der Waals surface area contributed by atoms with E-state index in [9.17, 15) is 8.42 Å². The van der Waals surface area contributed by atoms with Crippen molar-refractivity contribution in [3.8, 4) is 17.2 Å². The fourth-order valence-electron chi connectivity index (χ4n) is 4.00. The molecular formula is C22H27ClN6O6S. The van der Waals surface area contributed by atoms with Crippen molar-refractivity contribution in [1.29, 1.82) is 0 Å². The third kappa shape index (κ3) is 5.09. The van der Waals surface area contributed by atoms with Crippen molar-refractivity contribution in [3.05, 3.63) is 47.3 Å². The molecule has 14 heteroatoms. The standard InChI is InChI=1S/C22H27ClN6O6S/c1-13(19(34-4)20-24-10-15(23)11-25-20)36(30,31)28-22-27-26-21(14-8-9-35-12-14)29(22)18-16(32-2)6-5-7-17(18)33-3/h5-7,10-11,13-14,19H,8-9,12H2,1-4H3,(H,27,28)/t13-,14?,19-/m0/s1. The first-order valence-electron chi connectivity index (χ1n) is 11.1. The Morgan fingerprint density at radius 1 is 1.14 bits per heavy atom. The number of nitrogens with one attached hydrogen (secondary N) is 1. The molecule has 1 unspecified atom stereocenters. The van der Waals surface area contributed by atoms with Crippen molar-refractivity contribution >= 4 is 27.6 Å². The van der Waals surface area contributed by atoms with Crippen LogP contribution < -0.4 is 14.2 Å². The number of para-hydroxylation sites is 1. The molecule has 0 spiro atoms. The Balaban J connectivity index is 1.77. The van der Waals surface area contributed by atoms with Crippen LogP contribution in [-0.4, -0.2) is 72.9 Å². The molecule has 1 saturated heterocycles. The molecule has 1 aliphatic heterocycles. The number of nitrogens with zero attached hydrogens (tertiary/aromatic N) is 5. The van der Waals surface area contributed by atoms with Gasteiger partial charge in [0.15, 0.2) is 5.82 Å². The predicted molar refractivity (Wildman–Crippen MR) is 131 cm³/mol. The molecule has 0 amide bonds. The van der Waals surface area contributed by atoms with Crippen molar-refractivity contribution in [1.82, 2.24) is 24.7 Å².